The molecule has 2 nitrogen and oxygen atoms in total. The van der Waals surface area contributed by atoms with Gasteiger partial charge in [0.05, 0.1) is 12.1 Å². The van der Waals surface area contributed by atoms with Gasteiger partial charge in [-0.05, 0) is 42.8 Å². The molecule has 0 aromatic heterocycles. The minimum Gasteiger partial charge on any atom is -0.481 e. The number of carboxylic acids is 1. The molecule has 0 rings (SSSR count). The molecule has 1 unspecified atom stereocenters. The molecule has 0 aromatic carbocycles. The summed E-state index contributed by atoms with van der Waals surface area (Å²) in [5.41, 5.74) is 4.33. The van der Waals surface area contributed by atoms with Crippen molar-refractivity contribution < 1.29 is 14.3 Å². The van der Waals surface area contributed by atoms with Gasteiger partial charge in [0, 0.05) is 6.42 Å². The molecular formula is C19H35FO2Si. The maximum atomic E-state index is 12.3. The van der Waals surface area contributed by atoms with Gasteiger partial charge in [0.2, 0.25) is 0 Å². The number of halogens is 1. The first-order valence-electron chi connectivity index (χ1n) is 8.84. The molecule has 0 aliphatic carbocycles. The highest BCUT2D eigenvalue weighted by Crippen LogP contribution is 2.41. The second-order valence-corrected chi connectivity index (χ2v) is 13.5. The van der Waals surface area contributed by atoms with Crippen LogP contribution in [0.4, 0.5) is 4.39 Å². The first-order chi connectivity index (χ1) is 10.5. The SMILES string of the molecule is CC(C)[Si](C#CCC(C)(CCCCF)C(=O)O)(C(C)C)C(C)C. The Hall–Kier alpha value is -0.823. The number of rotatable bonds is 9. The lowest BCUT2D eigenvalue weighted by molar-refractivity contribution is -0.148. The maximum Gasteiger partial charge on any atom is 0.310 e. The second kappa shape index (κ2) is 9.47. The molecule has 0 radical (unpaired) electrons. The molecule has 0 bridgehead atoms. The van der Waals surface area contributed by atoms with Crippen LogP contribution in [0.5, 0.6) is 0 Å². The Morgan fingerprint density at radius 3 is 1.91 bits per heavy atom. The molecule has 4 heteroatoms. The summed E-state index contributed by atoms with van der Waals surface area (Å²) in [5.74, 6) is 2.43. The lowest BCUT2D eigenvalue weighted by Gasteiger charge is -2.38. The van der Waals surface area contributed by atoms with Gasteiger partial charge in [0.15, 0.2) is 0 Å². The van der Waals surface area contributed by atoms with Crippen LogP contribution in [-0.4, -0.2) is 25.8 Å². The number of carbonyl (C=O) groups is 1. The van der Waals surface area contributed by atoms with Crippen molar-refractivity contribution in [3.63, 3.8) is 0 Å². The van der Waals surface area contributed by atoms with Gasteiger partial charge in [-0.25, -0.2) is 0 Å². The van der Waals surface area contributed by atoms with Gasteiger partial charge in [0.25, 0.3) is 0 Å². The van der Waals surface area contributed by atoms with Crippen LogP contribution >= 0.6 is 0 Å². The quantitative estimate of drug-likeness (QED) is 0.325. The van der Waals surface area contributed by atoms with Crippen molar-refractivity contribution in [1.82, 2.24) is 0 Å². The maximum absolute atomic E-state index is 12.3. The van der Waals surface area contributed by atoms with E-state index < -0.39 is 19.5 Å². The van der Waals surface area contributed by atoms with E-state index in [-0.39, 0.29) is 6.67 Å². The third-order valence-electron chi connectivity index (χ3n) is 5.28. The van der Waals surface area contributed by atoms with Crippen LogP contribution in [-0.2, 0) is 4.79 Å². The third-order valence-corrected chi connectivity index (χ3v) is 11.6. The summed E-state index contributed by atoms with van der Waals surface area (Å²) in [6, 6.07) is 0. The van der Waals surface area contributed by atoms with Crippen molar-refractivity contribution in [1.29, 1.82) is 0 Å². The number of unbranched alkanes of at least 4 members (excludes halogenated alkanes) is 1. The van der Waals surface area contributed by atoms with Crippen molar-refractivity contribution in [2.45, 2.75) is 90.8 Å². The van der Waals surface area contributed by atoms with Crippen molar-refractivity contribution in [3.05, 3.63) is 0 Å². The molecule has 0 heterocycles. The molecule has 0 saturated carbocycles. The van der Waals surface area contributed by atoms with Crippen molar-refractivity contribution in [3.8, 4) is 11.5 Å². The molecule has 0 aliphatic rings. The Labute approximate surface area is 143 Å². The average Bonchev–Trinajstić information content (AvgIpc) is 2.42. The van der Waals surface area contributed by atoms with Gasteiger partial charge in [-0.2, -0.15) is 0 Å². The van der Waals surface area contributed by atoms with Gasteiger partial charge in [0.1, 0.15) is 8.07 Å². The molecule has 0 amide bonds. The van der Waals surface area contributed by atoms with Crippen LogP contribution in [0.3, 0.4) is 0 Å². The summed E-state index contributed by atoms with van der Waals surface area (Å²) < 4.78 is 12.3. The Bertz CT molecular complexity index is 413. The third kappa shape index (κ3) is 5.63. The fourth-order valence-corrected chi connectivity index (χ4v) is 8.97. The molecule has 0 fully saturated rings. The molecule has 23 heavy (non-hydrogen) atoms. The molecule has 0 saturated heterocycles. The number of hydrogen-bond donors (Lipinski definition) is 1. The molecule has 1 atom stereocenters. The predicted octanol–water partition coefficient (Wildman–Crippen LogP) is 5.83. The number of hydrogen-bond acceptors (Lipinski definition) is 1. The largest absolute Gasteiger partial charge is 0.481 e. The van der Waals surface area contributed by atoms with Gasteiger partial charge in [-0.15, -0.1) is 11.5 Å². The minimum atomic E-state index is -1.81. The molecule has 0 aromatic rings. The first-order valence-corrected chi connectivity index (χ1v) is 11.1. The summed E-state index contributed by atoms with van der Waals surface area (Å²) in [7, 11) is -1.81. The van der Waals surface area contributed by atoms with E-state index in [9.17, 15) is 14.3 Å². The van der Waals surface area contributed by atoms with Crippen molar-refractivity contribution in [2.75, 3.05) is 6.67 Å². The zero-order valence-corrected chi connectivity index (χ0v) is 17.0. The van der Waals surface area contributed by atoms with Crippen molar-refractivity contribution in [2.24, 2.45) is 5.41 Å². The zero-order chi connectivity index (χ0) is 18.3. The average molecular weight is 343 g/mol. The van der Waals surface area contributed by atoms with Crippen molar-refractivity contribution >= 4 is 14.0 Å². The van der Waals surface area contributed by atoms with E-state index in [4.69, 9.17) is 0 Å². The van der Waals surface area contributed by atoms with Gasteiger partial charge >= 0.3 is 5.97 Å². The highest BCUT2D eigenvalue weighted by molar-refractivity contribution is 6.90. The van der Waals surface area contributed by atoms with E-state index in [0.717, 1.165) is 0 Å². The van der Waals surface area contributed by atoms with E-state index >= 15 is 0 Å². The minimum absolute atomic E-state index is 0.357. The molecule has 0 spiro atoms. The summed E-state index contributed by atoms with van der Waals surface area (Å²) >= 11 is 0. The second-order valence-electron chi connectivity index (χ2n) is 7.89. The van der Waals surface area contributed by atoms with Crippen LogP contribution in [0, 0.1) is 16.9 Å². The van der Waals surface area contributed by atoms with Gasteiger partial charge in [-0.1, -0.05) is 41.5 Å². The summed E-state index contributed by atoms with van der Waals surface area (Å²) in [6.07, 6.45) is 1.87. The first kappa shape index (κ1) is 22.2. The van der Waals surface area contributed by atoms with Crippen LogP contribution in [0.15, 0.2) is 0 Å². The Kier molecular flexibility index (Phi) is 9.13. The topological polar surface area (TPSA) is 37.3 Å². The van der Waals surface area contributed by atoms with Crippen LogP contribution in [0.1, 0.15) is 74.1 Å². The van der Waals surface area contributed by atoms with Crippen LogP contribution in [0.2, 0.25) is 16.6 Å². The Morgan fingerprint density at radius 2 is 1.57 bits per heavy atom. The summed E-state index contributed by atoms with van der Waals surface area (Å²) in [4.78, 5) is 11.6. The highest BCUT2D eigenvalue weighted by Gasteiger charge is 2.42. The lowest BCUT2D eigenvalue weighted by Crippen LogP contribution is -2.43. The summed E-state index contributed by atoms with van der Waals surface area (Å²) in [5, 5.41) is 9.54. The van der Waals surface area contributed by atoms with E-state index in [2.05, 4.69) is 53.0 Å². The van der Waals surface area contributed by atoms with E-state index in [1.165, 1.54) is 0 Å². The number of aliphatic carboxylic acids is 1. The monoisotopic (exact) mass is 342 g/mol. The number of carboxylic acid groups (broad SMARTS) is 1. The molecule has 1 N–H and O–H groups in total. The van der Waals surface area contributed by atoms with E-state index in [1.807, 2.05) is 0 Å². The lowest BCUT2D eigenvalue weighted by atomic mass is 9.82. The number of alkyl halides is 1. The smallest absolute Gasteiger partial charge is 0.310 e. The molecule has 0 aliphatic heterocycles. The fraction of sp³-hybridized carbons (Fsp3) is 0.842. The van der Waals surface area contributed by atoms with Gasteiger partial charge in [-0.3, -0.25) is 9.18 Å². The van der Waals surface area contributed by atoms with Gasteiger partial charge < -0.3 is 5.11 Å². The molecular weight excluding hydrogens is 307 g/mol. The van der Waals surface area contributed by atoms with Crippen LogP contribution in [0.25, 0.3) is 0 Å². The fourth-order valence-electron chi connectivity index (χ4n) is 3.71. The summed E-state index contributed by atoms with van der Waals surface area (Å²) in [6.45, 7) is 14.8. The molecule has 134 valence electrons. The normalized spacial score (nSPS) is 14.7. The standard InChI is InChI=1S/C19H35FO2Si/c1-15(2)23(16(3)4,17(5)6)14-10-12-19(7,18(21)22)11-8-9-13-20/h15-17H,8-9,11-13H2,1-7H3,(H,21,22). The van der Waals surface area contributed by atoms with E-state index in [0.29, 0.717) is 42.3 Å². The predicted molar refractivity (Wildman–Crippen MR) is 99.0 cm³/mol. The van der Waals surface area contributed by atoms with E-state index in [1.54, 1.807) is 6.92 Å². The van der Waals surface area contributed by atoms with Crippen LogP contribution < -0.4 is 0 Å². The Balaban J connectivity index is 5.36. The zero-order valence-electron chi connectivity index (χ0n) is 16.0. The highest BCUT2D eigenvalue weighted by atomic mass is 28.3. The Morgan fingerprint density at radius 1 is 1.09 bits per heavy atom.